The number of hydrogen-bond donors (Lipinski definition) is 1. The Morgan fingerprint density at radius 3 is 2.34 bits per heavy atom. The zero-order valence-electron chi connectivity index (χ0n) is 19.9. The molecular formula is C24H38N4O4. The van der Waals surface area contributed by atoms with Gasteiger partial charge in [-0.05, 0) is 93.3 Å². The molecule has 8 nitrogen and oxygen atoms in total. The molecule has 1 heterocycles. The van der Waals surface area contributed by atoms with Gasteiger partial charge in [-0.15, -0.1) is 4.98 Å². The number of hydrogen-bond acceptors (Lipinski definition) is 7. The summed E-state index contributed by atoms with van der Waals surface area (Å²) in [4.78, 5) is 32.3. The Morgan fingerprint density at radius 2 is 1.78 bits per heavy atom. The summed E-state index contributed by atoms with van der Waals surface area (Å²) in [6.07, 6.45) is 8.64. The third-order valence-electron chi connectivity index (χ3n) is 7.45. The van der Waals surface area contributed by atoms with Gasteiger partial charge in [0.25, 0.3) is 0 Å². The van der Waals surface area contributed by atoms with Gasteiger partial charge in [0, 0.05) is 13.0 Å². The molecule has 0 aliphatic heterocycles. The van der Waals surface area contributed by atoms with Crippen molar-refractivity contribution in [2.75, 3.05) is 27.2 Å². The summed E-state index contributed by atoms with van der Waals surface area (Å²) >= 11 is 0. The van der Waals surface area contributed by atoms with E-state index in [4.69, 9.17) is 9.26 Å². The van der Waals surface area contributed by atoms with E-state index in [1.165, 1.54) is 38.5 Å². The van der Waals surface area contributed by atoms with Crippen LogP contribution in [-0.4, -0.2) is 60.0 Å². The molecule has 1 N–H and O–H groups in total. The first-order valence-electron chi connectivity index (χ1n) is 12.2. The van der Waals surface area contributed by atoms with E-state index < -0.39 is 6.04 Å². The van der Waals surface area contributed by atoms with Crippen molar-refractivity contribution in [2.45, 2.75) is 71.3 Å². The van der Waals surface area contributed by atoms with E-state index >= 15 is 0 Å². The van der Waals surface area contributed by atoms with Gasteiger partial charge in [0.15, 0.2) is 0 Å². The van der Waals surface area contributed by atoms with Gasteiger partial charge in [-0.25, -0.2) is 0 Å². The second-order valence-electron chi connectivity index (χ2n) is 11.2. The highest BCUT2D eigenvalue weighted by Crippen LogP contribution is 2.61. The molecule has 1 unspecified atom stereocenters. The molecular weight excluding hydrogens is 408 g/mol. The van der Waals surface area contributed by atoms with E-state index in [0.29, 0.717) is 26.0 Å². The monoisotopic (exact) mass is 446 g/mol. The predicted molar refractivity (Wildman–Crippen MR) is 119 cm³/mol. The quantitative estimate of drug-likeness (QED) is 0.521. The summed E-state index contributed by atoms with van der Waals surface area (Å²) in [5.74, 6) is 2.27. The number of aromatic nitrogens is 2. The highest BCUT2D eigenvalue weighted by Gasteiger charge is 2.51. The SMILES string of the molecule is CC(C)CC(NC(=O)CC12CC3CC(CC(C3)C1)C2)C(=O)c1noc(OCCN(C)C)n1. The number of amides is 1. The third-order valence-corrected chi connectivity index (χ3v) is 7.45. The minimum atomic E-state index is -0.649. The van der Waals surface area contributed by atoms with Crippen LogP contribution >= 0.6 is 0 Å². The second-order valence-corrected chi connectivity index (χ2v) is 11.2. The van der Waals surface area contributed by atoms with Crippen LogP contribution < -0.4 is 10.1 Å². The number of Topliss-reactive ketones (excluding diaryl/α,β-unsaturated/α-hetero) is 1. The third kappa shape index (κ3) is 5.50. The van der Waals surface area contributed by atoms with Gasteiger partial charge in [-0.1, -0.05) is 13.8 Å². The summed E-state index contributed by atoms with van der Waals surface area (Å²) in [6.45, 7) is 5.16. The molecule has 0 aromatic carbocycles. The minimum Gasteiger partial charge on any atom is -0.447 e. The van der Waals surface area contributed by atoms with Gasteiger partial charge in [0.1, 0.15) is 6.61 Å². The standard InChI is InChI=1S/C24H38N4O4/c1-15(2)7-19(21(30)22-26-23(32-27-22)31-6-5-28(3)4)25-20(29)14-24-11-16-8-17(12-24)10-18(9-16)13-24/h15-19H,5-14H2,1-4H3,(H,25,29). The van der Waals surface area contributed by atoms with Crippen LogP contribution in [0.25, 0.3) is 0 Å². The number of likely N-dealkylation sites (N-methyl/N-ethyl adjacent to an activating group) is 1. The van der Waals surface area contributed by atoms with Crippen molar-refractivity contribution in [1.82, 2.24) is 20.4 Å². The molecule has 4 saturated carbocycles. The Labute approximate surface area is 190 Å². The number of ether oxygens (including phenoxy) is 1. The van der Waals surface area contributed by atoms with Gasteiger partial charge in [-0.3, -0.25) is 14.1 Å². The fraction of sp³-hybridized carbons (Fsp3) is 0.833. The fourth-order valence-corrected chi connectivity index (χ4v) is 6.64. The molecule has 4 aliphatic carbocycles. The minimum absolute atomic E-state index is 0.0154. The second kappa shape index (κ2) is 9.49. The predicted octanol–water partition coefficient (Wildman–Crippen LogP) is 3.33. The molecule has 32 heavy (non-hydrogen) atoms. The number of nitrogens with one attached hydrogen (secondary N) is 1. The lowest BCUT2D eigenvalue weighted by Gasteiger charge is -2.56. The van der Waals surface area contributed by atoms with Gasteiger partial charge >= 0.3 is 6.08 Å². The van der Waals surface area contributed by atoms with E-state index in [2.05, 4.69) is 15.5 Å². The molecule has 1 aromatic heterocycles. The summed E-state index contributed by atoms with van der Waals surface area (Å²) in [5, 5.41) is 6.84. The molecule has 4 bridgehead atoms. The summed E-state index contributed by atoms with van der Waals surface area (Å²) in [7, 11) is 3.88. The molecule has 0 saturated heterocycles. The first-order valence-corrected chi connectivity index (χ1v) is 12.2. The number of rotatable bonds is 11. The van der Waals surface area contributed by atoms with Crippen LogP contribution in [0.2, 0.25) is 0 Å². The summed E-state index contributed by atoms with van der Waals surface area (Å²) < 4.78 is 10.5. The fourth-order valence-electron chi connectivity index (χ4n) is 6.64. The maximum absolute atomic E-state index is 13.1. The van der Waals surface area contributed by atoms with Gasteiger partial charge in [0.05, 0.1) is 6.04 Å². The van der Waals surface area contributed by atoms with Crippen molar-refractivity contribution in [3.63, 3.8) is 0 Å². The van der Waals surface area contributed by atoms with Gasteiger partial charge in [-0.2, -0.15) is 0 Å². The first-order chi connectivity index (χ1) is 15.2. The van der Waals surface area contributed by atoms with Crippen LogP contribution in [0, 0.1) is 29.1 Å². The molecule has 4 fully saturated rings. The van der Waals surface area contributed by atoms with E-state index in [1.54, 1.807) is 0 Å². The summed E-state index contributed by atoms with van der Waals surface area (Å²) in [6, 6.07) is -0.649. The zero-order valence-corrected chi connectivity index (χ0v) is 19.9. The Kier molecular flexibility index (Phi) is 6.89. The van der Waals surface area contributed by atoms with E-state index in [1.807, 2.05) is 32.8 Å². The van der Waals surface area contributed by atoms with Crippen molar-refractivity contribution in [3.8, 4) is 6.08 Å². The van der Waals surface area contributed by atoms with E-state index in [0.717, 1.165) is 17.8 Å². The number of ketones is 1. The van der Waals surface area contributed by atoms with Crippen LogP contribution in [0.15, 0.2) is 4.52 Å². The van der Waals surface area contributed by atoms with Crippen molar-refractivity contribution >= 4 is 11.7 Å². The molecule has 4 aliphatic rings. The van der Waals surface area contributed by atoms with E-state index in [-0.39, 0.29) is 34.9 Å². The van der Waals surface area contributed by atoms with Crippen LogP contribution in [-0.2, 0) is 4.79 Å². The van der Waals surface area contributed by atoms with Crippen LogP contribution in [0.4, 0.5) is 0 Å². The number of carbonyl (C=O) groups excluding carboxylic acids is 2. The van der Waals surface area contributed by atoms with Crippen molar-refractivity contribution in [2.24, 2.45) is 29.1 Å². The molecule has 8 heteroatoms. The Bertz CT molecular complexity index is 783. The molecule has 0 spiro atoms. The lowest BCUT2D eigenvalue weighted by molar-refractivity contribution is -0.130. The number of nitrogens with zero attached hydrogens (tertiary/aromatic N) is 3. The topological polar surface area (TPSA) is 97.6 Å². The van der Waals surface area contributed by atoms with Gasteiger partial charge in [0.2, 0.25) is 17.5 Å². The molecule has 1 amide bonds. The maximum Gasteiger partial charge on any atom is 0.417 e. The smallest absolute Gasteiger partial charge is 0.417 e. The van der Waals surface area contributed by atoms with Crippen molar-refractivity contribution < 1.29 is 18.8 Å². The average Bonchev–Trinajstić information content (AvgIpc) is 3.13. The lowest BCUT2D eigenvalue weighted by atomic mass is 9.49. The molecule has 5 rings (SSSR count). The van der Waals surface area contributed by atoms with Crippen molar-refractivity contribution in [3.05, 3.63) is 5.82 Å². The van der Waals surface area contributed by atoms with Crippen LogP contribution in [0.3, 0.4) is 0 Å². The highest BCUT2D eigenvalue weighted by atomic mass is 16.6. The average molecular weight is 447 g/mol. The van der Waals surface area contributed by atoms with Gasteiger partial charge < -0.3 is 15.0 Å². The van der Waals surface area contributed by atoms with Crippen molar-refractivity contribution in [1.29, 1.82) is 0 Å². The Balaban J connectivity index is 1.37. The normalized spacial score (nSPS) is 29.5. The molecule has 1 aromatic rings. The zero-order chi connectivity index (χ0) is 22.9. The molecule has 1 atom stereocenters. The maximum atomic E-state index is 13.1. The number of carbonyl (C=O) groups is 2. The first kappa shape index (κ1) is 23.2. The van der Waals surface area contributed by atoms with E-state index in [9.17, 15) is 9.59 Å². The summed E-state index contributed by atoms with van der Waals surface area (Å²) in [5.41, 5.74) is 0.143. The Morgan fingerprint density at radius 1 is 1.16 bits per heavy atom. The van der Waals surface area contributed by atoms with Crippen LogP contribution in [0.1, 0.15) is 75.8 Å². The van der Waals surface area contributed by atoms with Crippen LogP contribution in [0.5, 0.6) is 6.08 Å². The Hall–Kier alpha value is -1.96. The molecule has 0 radical (unpaired) electrons. The largest absolute Gasteiger partial charge is 0.447 e. The lowest BCUT2D eigenvalue weighted by Crippen LogP contribution is -2.49. The molecule has 178 valence electrons. The highest BCUT2D eigenvalue weighted by molar-refractivity contribution is 5.99.